The van der Waals surface area contributed by atoms with Crippen LogP contribution in [0, 0.1) is 6.92 Å². The van der Waals surface area contributed by atoms with Crippen molar-refractivity contribution in [2.45, 2.75) is 59.1 Å². The lowest BCUT2D eigenvalue weighted by molar-refractivity contribution is 0.0532. The quantitative estimate of drug-likeness (QED) is 0.515. The van der Waals surface area contributed by atoms with Gasteiger partial charge >= 0.3 is 0 Å². The van der Waals surface area contributed by atoms with Crippen LogP contribution in [0.3, 0.4) is 0 Å². The summed E-state index contributed by atoms with van der Waals surface area (Å²) in [6.07, 6.45) is 3.61. The van der Waals surface area contributed by atoms with Crippen molar-refractivity contribution in [3.05, 3.63) is 35.4 Å². The van der Waals surface area contributed by atoms with Gasteiger partial charge in [-0.15, -0.1) is 0 Å². The minimum absolute atomic E-state index is 0.322. The molecule has 2 rings (SSSR count). The molecule has 152 valence electrons. The van der Waals surface area contributed by atoms with Crippen LogP contribution >= 0.6 is 0 Å². The zero-order valence-electron chi connectivity index (χ0n) is 17.6. The molecule has 1 aliphatic heterocycles. The van der Waals surface area contributed by atoms with Gasteiger partial charge in [-0.3, -0.25) is 4.99 Å². The maximum atomic E-state index is 5.67. The third-order valence-corrected chi connectivity index (χ3v) is 4.92. The molecule has 1 saturated heterocycles. The van der Waals surface area contributed by atoms with E-state index < -0.39 is 0 Å². The highest BCUT2D eigenvalue weighted by molar-refractivity contribution is 5.80. The molecule has 0 radical (unpaired) electrons. The average Bonchev–Trinajstić information content (AvgIpc) is 2.64. The maximum Gasteiger partial charge on any atom is 0.191 e. The van der Waals surface area contributed by atoms with Gasteiger partial charge in [0, 0.05) is 38.8 Å². The van der Waals surface area contributed by atoms with Crippen molar-refractivity contribution in [1.29, 1.82) is 0 Å². The standard InChI is InChI=1S/C22H38N4O/c1-5-23-22(24-13-10-20-8-6-19(4)7-9-20)25-21-11-14-26(15-12-21)16-17-27-18(2)3/h6-9,18,21H,5,10-17H2,1-4H3,(H2,23,24,25). The Hall–Kier alpha value is -1.59. The lowest BCUT2D eigenvalue weighted by atomic mass is 10.1. The molecule has 5 heteroatoms. The largest absolute Gasteiger partial charge is 0.377 e. The molecule has 0 aromatic heterocycles. The van der Waals surface area contributed by atoms with E-state index in [9.17, 15) is 0 Å². The van der Waals surface area contributed by atoms with Crippen LogP contribution < -0.4 is 10.6 Å². The number of likely N-dealkylation sites (tertiary alicyclic amines) is 1. The number of aryl methyl sites for hydroxylation is 1. The first-order chi connectivity index (χ1) is 13.1. The molecule has 0 aliphatic carbocycles. The lowest BCUT2D eigenvalue weighted by Gasteiger charge is -2.33. The van der Waals surface area contributed by atoms with Gasteiger partial charge in [0.05, 0.1) is 12.7 Å². The second-order valence-electron chi connectivity index (χ2n) is 7.68. The highest BCUT2D eigenvalue weighted by Crippen LogP contribution is 2.10. The number of piperidine rings is 1. The molecule has 27 heavy (non-hydrogen) atoms. The van der Waals surface area contributed by atoms with Crippen LogP contribution in [-0.2, 0) is 11.2 Å². The highest BCUT2D eigenvalue weighted by Gasteiger charge is 2.19. The molecular weight excluding hydrogens is 336 g/mol. The van der Waals surface area contributed by atoms with Crippen LogP contribution in [0.4, 0.5) is 0 Å². The van der Waals surface area contributed by atoms with Crippen LogP contribution in [0.5, 0.6) is 0 Å². The van der Waals surface area contributed by atoms with Crippen molar-refractivity contribution in [3.8, 4) is 0 Å². The summed E-state index contributed by atoms with van der Waals surface area (Å²) < 4.78 is 5.67. The Labute approximate surface area is 165 Å². The van der Waals surface area contributed by atoms with E-state index >= 15 is 0 Å². The van der Waals surface area contributed by atoms with Crippen LogP contribution in [-0.4, -0.2) is 62.3 Å². The molecule has 1 aliphatic rings. The summed E-state index contributed by atoms with van der Waals surface area (Å²) in [6.45, 7) is 14.3. The van der Waals surface area contributed by atoms with Crippen molar-refractivity contribution in [3.63, 3.8) is 0 Å². The van der Waals surface area contributed by atoms with E-state index in [2.05, 4.69) is 67.5 Å². The summed E-state index contributed by atoms with van der Waals surface area (Å²) >= 11 is 0. The number of ether oxygens (including phenoxy) is 1. The fourth-order valence-corrected chi connectivity index (χ4v) is 3.28. The molecule has 0 spiro atoms. The Bertz CT molecular complexity index is 548. The number of hydrogen-bond donors (Lipinski definition) is 2. The smallest absolute Gasteiger partial charge is 0.191 e. The molecule has 0 atom stereocenters. The Morgan fingerprint density at radius 3 is 2.56 bits per heavy atom. The Morgan fingerprint density at radius 1 is 1.22 bits per heavy atom. The molecule has 0 saturated carbocycles. The van der Waals surface area contributed by atoms with Crippen molar-refractivity contribution in [1.82, 2.24) is 15.5 Å². The van der Waals surface area contributed by atoms with Crippen molar-refractivity contribution < 1.29 is 4.74 Å². The molecule has 0 bridgehead atoms. The summed E-state index contributed by atoms with van der Waals surface area (Å²) in [4.78, 5) is 7.28. The van der Waals surface area contributed by atoms with Crippen molar-refractivity contribution >= 4 is 5.96 Å². The van der Waals surface area contributed by atoms with Crippen LogP contribution in [0.15, 0.2) is 29.3 Å². The predicted octanol–water partition coefficient (Wildman–Crippen LogP) is 2.98. The third-order valence-electron chi connectivity index (χ3n) is 4.92. The van der Waals surface area contributed by atoms with E-state index in [4.69, 9.17) is 9.73 Å². The molecule has 1 aromatic rings. The van der Waals surface area contributed by atoms with Gasteiger partial charge in [-0.1, -0.05) is 29.8 Å². The first kappa shape index (κ1) is 21.7. The van der Waals surface area contributed by atoms with Gasteiger partial charge in [-0.2, -0.15) is 0 Å². The second-order valence-corrected chi connectivity index (χ2v) is 7.68. The zero-order valence-corrected chi connectivity index (χ0v) is 17.6. The van der Waals surface area contributed by atoms with E-state index in [-0.39, 0.29) is 0 Å². The molecule has 5 nitrogen and oxygen atoms in total. The summed E-state index contributed by atoms with van der Waals surface area (Å²) in [7, 11) is 0. The van der Waals surface area contributed by atoms with E-state index in [1.165, 1.54) is 11.1 Å². The minimum Gasteiger partial charge on any atom is -0.377 e. The van der Waals surface area contributed by atoms with Gasteiger partial charge in [-0.05, 0) is 52.5 Å². The van der Waals surface area contributed by atoms with Crippen LogP contribution in [0.1, 0.15) is 44.7 Å². The molecule has 1 aromatic carbocycles. The summed E-state index contributed by atoms with van der Waals surface area (Å²) in [5.74, 6) is 0.950. The van der Waals surface area contributed by atoms with Crippen molar-refractivity contribution in [2.24, 2.45) is 4.99 Å². The molecule has 1 heterocycles. The van der Waals surface area contributed by atoms with E-state index in [0.717, 1.165) is 64.6 Å². The van der Waals surface area contributed by atoms with E-state index in [0.29, 0.717) is 12.1 Å². The Balaban J connectivity index is 1.72. The highest BCUT2D eigenvalue weighted by atomic mass is 16.5. The van der Waals surface area contributed by atoms with Crippen LogP contribution in [0.2, 0.25) is 0 Å². The normalized spacial score (nSPS) is 16.7. The van der Waals surface area contributed by atoms with Gasteiger partial charge < -0.3 is 20.3 Å². The Kier molecular flexibility index (Phi) is 9.64. The van der Waals surface area contributed by atoms with Gasteiger partial charge in [0.15, 0.2) is 5.96 Å². The number of hydrogen-bond acceptors (Lipinski definition) is 3. The van der Waals surface area contributed by atoms with Crippen LogP contribution in [0.25, 0.3) is 0 Å². The summed E-state index contributed by atoms with van der Waals surface area (Å²) in [6, 6.07) is 9.24. The fourth-order valence-electron chi connectivity index (χ4n) is 3.28. The first-order valence-corrected chi connectivity index (χ1v) is 10.5. The maximum absolute atomic E-state index is 5.67. The van der Waals surface area contributed by atoms with Gasteiger partial charge in [0.25, 0.3) is 0 Å². The number of guanidine groups is 1. The number of rotatable bonds is 9. The zero-order chi connectivity index (χ0) is 19.5. The van der Waals surface area contributed by atoms with Gasteiger partial charge in [-0.25, -0.2) is 0 Å². The fraction of sp³-hybridized carbons (Fsp3) is 0.682. The minimum atomic E-state index is 0.322. The first-order valence-electron chi connectivity index (χ1n) is 10.5. The second kappa shape index (κ2) is 12.0. The summed E-state index contributed by atoms with van der Waals surface area (Å²) in [5.41, 5.74) is 2.65. The molecule has 0 unspecified atom stereocenters. The number of benzene rings is 1. The topological polar surface area (TPSA) is 48.9 Å². The molecular formula is C22H38N4O. The Morgan fingerprint density at radius 2 is 1.93 bits per heavy atom. The lowest BCUT2D eigenvalue weighted by Crippen LogP contribution is -2.49. The summed E-state index contributed by atoms with van der Waals surface area (Å²) in [5, 5.41) is 7.02. The van der Waals surface area contributed by atoms with Crippen molar-refractivity contribution in [2.75, 3.05) is 39.3 Å². The van der Waals surface area contributed by atoms with E-state index in [1.54, 1.807) is 0 Å². The van der Waals surface area contributed by atoms with Gasteiger partial charge in [0.1, 0.15) is 0 Å². The average molecular weight is 375 g/mol. The monoisotopic (exact) mass is 374 g/mol. The van der Waals surface area contributed by atoms with Gasteiger partial charge in [0.2, 0.25) is 0 Å². The number of nitrogens with zero attached hydrogens (tertiary/aromatic N) is 2. The molecule has 1 fully saturated rings. The molecule has 2 N–H and O–H groups in total. The van der Waals surface area contributed by atoms with E-state index in [1.807, 2.05) is 0 Å². The number of aliphatic imine (C=N–C) groups is 1. The molecule has 0 amide bonds. The third kappa shape index (κ3) is 8.76. The number of nitrogens with one attached hydrogen (secondary N) is 2. The predicted molar refractivity (Wildman–Crippen MR) is 115 cm³/mol. The SMILES string of the molecule is CCNC(=NCCc1ccc(C)cc1)NC1CCN(CCOC(C)C)CC1.